The molecule has 0 aliphatic rings. The van der Waals surface area contributed by atoms with E-state index in [1.807, 2.05) is 11.8 Å². The van der Waals surface area contributed by atoms with E-state index in [1.54, 1.807) is 6.92 Å². The van der Waals surface area contributed by atoms with Crippen molar-refractivity contribution in [2.24, 2.45) is 5.73 Å². The monoisotopic (exact) mass is 244 g/mol. The molecule has 2 N–H and O–H groups in total. The van der Waals surface area contributed by atoms with Crippen molar-refractivity contribution in [1.82, 2.24) is 4.90 Å². The van der Waals surface area contributed by atoms with Crippen LogP contribution in [0.15, 0.2) is 0 Å². The number of rotatable bonds is 10. The summed E-state index contributed by atoms with van der Waals surface area (Å²) < 4.78 is 4.83. The minimum atomic E-state index is -0.293. The molecular formula is C12H24N2O3. The second kappa shape index (κ2) is 10.1. The molecule has 0 aromatic carbocycles. The number of nitrogens with two attached hydrogens (primary N) is 1. The van der Waals surface area contributed by atoms with Crippen LogP contribution in [-0.2, 0) is 14.3 Å². The second-order valence-corrected chi connectivity index (χ2v) is 3.95. The van der Waals surface area contributed by atoms with Gasteiger partial charge in [0.1, 0.15) is 0 Å². The van der Waals surface area contributed by atoms with Gasteiger partial charge >= 0.3 is 5.97 Å². The van der Waals surface area contributed by atoms with Gasteiger partial charge in [0.25, 0.3) is 0 Å². The van der Waals surface area contributed by atoms with Gasteiger partial charge in [-0.05, 0) is 32.9 Å². The van der Waals surface area contributed by atoms with E-state index in [4.69, 9.17) is 10.5 Å². The zero-order chi connectivity index (χ0) is 13.1. The smallest absolute Gasteiger partial charge is 0.305 e. The molecule has 0 saturated carbocycles. The fourth-order valence-electron chi connectivity index (χ4n) is 1.58. The predicted octanol–water partition coefficient (Wildman–Crippen LogP) is 0.917. The number of ether oxygens (including phenoxy) is 1. The van der Waals surface area contributed by atoms with Gasteiger partial charge < -0.3 is 10.5 Å². The normalized spacial score (nSPS) is 10.5. The first-order valence-electron chi connectivity index (χ1n) is 6.26. The summed E-state index contributed by atoms with van der Waals surface area (Å²) in [5.41, 5.74) is 5.13. The highest BCUT2D eigenvalue weighted by atomic mass is 16.5. The van der Waals surface area contributed by atoms with Crippen LogP contribution in [-0.4, -0.2) is 43.0 Å². The number of hydrogen-bond acceptors (Lipinski definition) is 4. The van der Waals surface area contributed by atoms with Gasteiger partial charge in [0, 0.05) is 6.42 Å². The molecule has 0 aliphatic carbocycles. The third-order valence-electron chi connectivity index (χ3n) is 2.49. The van der Waals surface area contributed by atoms with Gasteiger partial charge in [-0.1, -0.05) is 13.3 Å². The third kappa shape index (κ3) is 9.81. The Morgan fingerprint density at radius 1 is 1.18 bits per heavy atom. The number of nitrogens with zero attached hydrogens (tertiary/aromatic N) is 1. The number of carbonyl (C=O) groups is 2. The van der Waals surface area contributed by atoms with Crippen LogP contribution < -0.4 is 5.73 Å². The van der Waals surface area contributed by atoms with E-state index in [9.17, 15) is 9.59 Å². The quantitative estimate of drug-likeness (QED) is 0.458. The van der Waals surface area contributed by atoms with Crippen molar-refractivity contribution in [3.8, 4) is 0 Å². The molecule has 0 aromatic rings. The molecular weight excluding hydrogens is 220 g/mol. The van der Waals surface area contributed by atoms with Crippen molar-refractivity contribution in [2.75, 3.05) is 26.2 Å². The number of unbranched alkanes of at least 4 members (excludes halogenated alkanes) is 2. The van der Waals surface area contributed by atoms with Crippen molar-refractivity contribution in [3.05, 3.63) is 0 Å². The molecule has 0 aliphatic heterocycles. The Morgan fingerprint density at radius 3 is 2.41 bits per heavy atom. The summed E-state index contributed by atoms with van der Waals surface area (Å²) >= 11 is 0. The average molecular weight is 244 g/mol. The highest BCUT2D eigenvalue weighted by molar-refractivity contribution is 5.75. The van der Waals surface area contributed by atoms with Crippen molar-refractivity contribution >= 4 is 11.9 Å². The van der Waals surface area contributed by atoms with Gasteiger partial charge in [0.2, 0.25) is 5.91 Å². The van der Waals surface area contributed by atoms with E-state index in [0.717, 1.165) is 32.4 Å². The first kappa shape index (κ1) is 15.9. The lowest BCUT2D eigenvalue weighted by Crippen LogP contribution is -2.34. The van der Waals surface area contributed by atoms with Crippen LogP contribution in [0.3, 0.4) is 0 Å². The molecule has 0 atom stereocenters. The standard InChI is InChI=1S/C12H24N2O3/c1-3-14(10-11(13)15)9-7-5-6-8-12(16)17-4-2/h3-10H2,1-2H3,(H2,13,15). The van der Waals surface area contributed by atoms with Crippen molar-refractivity contribution < 1.29 is 14.3 Å². The lowest BCUT2D eigenvalue weighted by molar-refractivity contribution is -0.143. The maximum atomic E-state index is 11.0. The summed E-state index contributed by atoms with van der Waals surface area (Å²) in [6, 6.07) is 0. The van der Waals surface area contributed by atoms with Crippen LogP contribution in [0.25, 0.3) is 0 Å². The fraction of sp³-hybridized carbons (Fsp3) is 0.833. The SMILES string of the molecule is CCOC(=O)CCCCCN(CC)CC(N)=O. The molecule has 1 amide bonds. The fourth-order valence-corrected chi connectivity index (χ4v) is 1.58. The van der Waals surface area contributed by atoms with E-state index in [1.165, 1.54) is 0 Å². The highest BCUT2D eigenvalue weighted by Gasteiger charge is 2.06. The molecule has 0 bridgehead atoms. The van der Waals surface area contributed by atoms with E-state index in [-0.39, 0.29) is 11.9 Å². The van der Waals surface area contributed by atoms with Crippen molar-refractivity contribution in [3.63, 3.8) is 0 Å². The van der Waals surface area contributed by atoms with Crippen molar-refractivity contribution in [1.29, 1.82) is 0 Å². The lowest BCUT2D eigenvalue weighted by atomic mass is 10.2. The van der Waals surface area contributed by atoms with E-state index in [0.29, 0.717) is 19.6 Å². The van der Waals surface area contributed by atoms with Gasteiger partial charge in [-0.2, -0.15) is 0 Å². The Morgan fingerprint density at radius 2 is 1.88 bits per heavy atom. The van der Waals surface area contributed by atoms with Gasteiger partial charge in [-0.15, -0.1) is 0 Å². The van der Waals surface area contributed by atoms with Gasteiger partial charge in [0.05, 0.1) is 13.2 Å². The lowest BCUT2D eigenvalue weighted by Gasteiger charge is -2.17. The van der Waals surface area contributed by atoms with Crippen LogP contribution in [0, 0.1) is 0 Å². The number of hydrogen-bond donors (Lipinski definition) is 1. The van der Waals surface area contributed by atoms with Crippen LogP contribution >= 0.6 is 0 Å². The Bertz CT molecular complexity index is 232. The first-order chi connectivity index (χ1) is 8.10. The summed E-state index contributed by atoms with van der Waals surface area (Å²) in [6.07, 6.45) is 3.26. The molecule has 0 rings (SSSR count). The Kier molecular flexibility index (Phi) is 9.43. The molecule has 0 fully saturated rings. The van der Waals surface area contributed by atoms with Crippen LogP contribution in [0.5, 0.6) is 0 Å². The average Bonchev–Trinajstić information content (AvgIpc) is 2.26. The highest BCUT2D eigenvalue weighted by Crippen LogP contribution is 2.03. The summed E-state index contributed by atoms with van der Waals surface area (Å²) in [5, 5.41) is 0. The number of esters is 1. The van der Waals surface area contributed by atoms with E-state index in [2.05, 4.69) is 0 Å². The number of primary amides is 1. The Labute approximate surface area is 103 Å². The van der Waals surface area contributed by atoms with E-state index >= 15 is 0 Å². The maximum absolute atomic E-state index is 11.0. The van der Waals surface area contributed by atoms with Crippen LogP contribution in [0.1, 0.15) is 39.5 Å². The summed E-state index contributed by atoms with van der Waals surface area (Å²) in [7, 11) is 0. The summed E-state index contributed by atoms with van der Waals surface area (Å²) in [5.74, 6) is -0.421. The summed E-state index contributed by atoms with van der Waals surface area (Å²) in [4.78, 5) is 23.8. The zero-order valence-corrected chi connectivity index (χ0v) is 10.9. The first-order valence-corrected chi connectivity index (χ1v) is 6.26. The van der Waals surface area contributed by atoms with Gasteiger partial charge in [0.15, 0.2) is 0 Å². The zero-order valence-electron chi connectivity index (χ0n) is 10.9. The molecule has 100 valence electrons. The largest absolute Gasteiger partial charge is 0.466 e. The predicted molar refractivity (Wildman–Crippen MR) is 66.4 cm³/mol. The molecule has 0 radical (unpaired) electrons. The molecule has 0 heterocycles. The minimum Gasteiger partial charge on any atom is -0.466 e. The van der Waals surface area contributed by atoms with Crippen LogP contribution in [0.2, 0.25) is 0 Å². The van der Waals surface area contributed by atoms with E-state index < -0.39 is 0 Å². The van der Waals surface area contributed by atoms with Gasteiger partial charge in [-0.3, -0.25) is 14.5 Å². The Balaban J connectivity index is 3.48. The number of amides is 1. The molecule has 0 unspecified atom stereocenters. The number of carbonyl (C=O) groups excluding carboxylic acids is 2. The molecule has 0 aromatic heterocycles. The molecule has 5 heteroatoms. The topological polar surface area (TPSA) is 72.6 Å². The minimum absolute atomic E-state index is 0.128. The molecule has 0 saturated heterocycles. The molecule has 17 heavy (non-hydrogen) atoms. The van der Waals surface area contributed by atoms with Crippen LogP contribution in [0.4, 0.5) is 0 Å². The van der Waals surface area contributed by atoms with Crippen molar-refractivity contribution in [2.45, 2.75) is 39.5 Å². The maximum Gasteiger partial charge on any atom is 0.305 e. The summed E-state index contributed by atoms with van der Waals surface area (Å²) in [6.45, 7) is 6.24. The molecule has 5 nitrogen and oxygen atoms in total. The number of likely N-dealkylation sites (N-methyl/N-ethyl adjacent to an activating group) is 1. The molecule has 0 spiro atoms. The second-order valence-electron chi connectivity index (χ2n) is 3.95. The van der Waals surface area contributed by atoms with Gasteiger partial charge in [-0.25, -0.2) is 0 Å². The third-order valence-corrected chi connectivity index (χ3v) is 2.49. The Hall–Kier alpha value is -1.10.